The summed E-state index contributed by atoms with van der Waals surface area (Å²) in [4.78, 5) is 26.5. The molecule has 1 aliphatic rings. The van der Waals surface area contributed by atoms with E-state index < -0.39 is 11.4 Å². The summed E-state index contributed by atoms with van der Waals surface area (Å²) in [6.07, 6.45) is 0.805. The Morgan fingerprint density at radius 2 is 1.62 bits per heavy atom. The Kier molecular flexibility index (Phi) is 4.68. The highest BCUT2D eigenvalue weighted by Crippen LogP contribution is 2.34. The van der Waals surface area contributed by atoms with Crippen LogP contribution in [0.1, 0.15) is 26.3 Å². The molecule has 0 saturated carbocycles. The summed E-state index contributed by atoms with van der Waals surface area (Å²) in [7, 11) is 0. The molecule has 26 heavy (non-hydrogen) atoms. The summed E-state index contributed by atoms with van der Waals surface area (Å²) in [5.74, 6) is -0.303. The van der Waals surface area contributed by atoms with Gasteiger partial charge in [-0.1, -0.05) is 26.8 Å². The number of nitrogens with zero attached hydrogens (tertiary/aromatic N) is 1. The smallest absolute Gasteiger partial charge is 0.311 e. The van der Waals surface area contributed by atoms with E-state index >= 15 is 0 Å². The van der Waals surface area contributed by atoms with Gasteiger partial charge in [-0.15, -0.1) is 0 Å². The maximum atomic E-state index is 12.9. The predicted molar refractivity (Wildman–Crippen MR) is 101 cm³/mol. The molecule has 6 heteroatoms. The minimum Gasteiger partial charge on any atom is -0.311 e. The van der Waals surface area contributed by atoms with Crippen LogP contribution in [0.15, 0.2) is 42.5 Å². The molecule has 3 rings (SSSR count). The monoisotopic (exact) mass is 355 g/mol. The lowest BCUT2D eigenvalue weighted by Gasteiger charge is -2.26. The van der Waals surface area contributed by atoms with E-state index in [1.807, 2.05) is 39.0 Å². The molecule has 0 aromatic heterocycles. The number of hydrogen-bond acceptors (Lipinski definition) is 2. The normalized spacial score (nSPS) is 13.3. The average Bonchev–Trinajstić information content (AvgIpc) is 2.98. The van der Waals surface area contributed by atoms with E-state index in [0.717, 1.165) is 17.7 Å². The van der Waals surface area contributed by atoms with E-state index in [-0.39, 0.29) is 11.7 Å². The number of rotatable bonds is 2. The van der Waals surface area contributed by atoms with Crippen LogP contribution in [0, 0.1) is 11.2 Å². The van der Waals surface area contributed by atoms with Crippen LogP contribution < -0.4 is 15.5 Å². The van der Waals surface area contributed by atoms with E-state index in [0.29, 0.717) is 17.9 Å². The topological polar surface area (TPSA) is 61.4 Å². The van der Waals surface area contributed by atoms with Gasteiger partial charge < -0.3 is 15.5 Å². The number of anilines is 3. The first-order valence-corrected chi connectivity index (χ1v) is 8.52. The molecule has 2 N–H and O–H groups in total. The van der Waals surface area contributed by atoms with E-state index in [1.54, 1.807) is 4.90 Å². The van der Waals surface area contributed by atoms with Gasteiger partial charge in [0.05, 0.1) is 0 Å². The molecule has 1 heterocycles. The zero-order valence-corrected chi connectivity index (χ0v) is 15.1. The highest BCUT2D eigenvalue weighted by atomic mass is 19.1. The first-order chi connectivity index (χ1) is 12.2. The molecule has 0 radical (unpaired) electrons. The number of carbonyl (C=O) groups excluding carboxylic acids is 2. The Hall–Kier alpha value is -2.89. The number of hydrogen-bond donors (Lipinski definition) is 2. The second kappa shape index (κ2) is 6.78. The predicted octanol–water partition coefficient (Wildman–Crippen LogP) is 4.40. The third-order valence-corrected chi connectivity index (χ3v) is 4.23. The van der Waals surface area contributed by atoms with Crippen LogP contribution in [-0.2, 0) is 11.2 Å². The van der Waals surface area contributed by atoms with Crippen molar-refractivity contribution in [2.75, 3.05) is 22.1 Å². The zero-order valence-electron chi connectivity index (χ0n) is 15.1. The van der Waals surface area contributed by atoms with Crippen LogP contribution in [-0.4, -0.2) is 18.5 Å². The van der Waals surface area contributed by atoms with Gasteiger partial charge in [0.1, 0.15) is 5.82 Å². The van der Waals surface area contributed by atoms with E-state index in [9.17, 15) is 14.0 Å². The molecule has 5 nitrogen and oxygen atoms in total. The molecule has 0 atom stereocenters. The van der Waals surface area contributed by atoms with Crippen molar-refractivity contribution < 1.29 is 14.0 Å². The standard InChI is InChI=1S/C20H22FN3O2/c1-20(2,3)18(25)24-11-10-13-4-7-16(12-17(13)24)23-19(26)22-15-8-5-14(21)6-9-15/h4-9,12H,10-11H2,1-3H3,(H2,22,23,26). The van der Waals surface area contributed by atoms with Crippen molar-refractivity contribution in [2.45, 2.75) is 27.2 Å². The van der Waals surface area contributed by atoms with Gasteiger partial charge in [-0.05, 0) is 48.4 Å². The summed E-state index contributed by atoms with van der Waals surface area (Å²) in [6, 6.07) is 10.7. The van der Waals surface area contributed by atoms with Crippen molar-refractivity contribution in [3.05, 3.63) is 53.8 Å². The summed E-state index contributed by atoms with van der Waals surface area (Å²) in [5.41, 5.74) is 2.55. The van der Waals surface area contributed by atoms with Gasteiger partial charge in [0, 0.05) is 29.0 Å². The third kappa shape index (κ3) is 3.85. The number of benzene rings is 2. The van der Waals surface area contributed by atoms with E-state index in [2.05, 4.69) is 10.6 Å². The lowest BCUT2D eigenvalue weighted by Crippen LogP contribution is -2.38. The Labute approximate surface area is 152 Å². The summed E-state index contributed by atoms with van der Waals surface area (Å²) < 4.78 is 12.9. The van der Waals surface area contributed by atoms with Gasteiger partial charge in [-0.3, -0.25) is 4.79 Å². The quantitative estimate of drug-likeness (QED) is 0.838. The molecular formula is C20H22FN3O2. The molecule has 2 aromatic rings. The summed E-state index contributed by atoms with van der Waals surface area (Å²) in [5, 5.41) is 5.40. The number of urea groups is 1. The van der Waals surface area contributed by atoms with Crippen molar-refractivity contribution in [2.24, 2.45) is 5.41 Å². The van der Waals surface area contributed by atoms with Gasteiger partial charge >= 0.3 is 6.03 Å². The van der Waals surface area contributed by atoms with Crippen molar-refractivity contribution in [3.63, 3.8) is 0 Å². The van der Waals surface area contributed by atoms with Gasteiger partial charge in [0.2, 0.25) is 5.91 Å². The Bertz CT molecular complexity index is 841. The highest BCUT2D eigenvalue weighted by molar-refractivity contribution is 6.02. The van der Waals surface area contributed by atoms with E-state index in [4.69, 9.17) is 0 Å². The maximum Gasteiger partial charge on any atom is 0.323 e. The number of amides is 3. The minimum absolute atomic E-state index is 0.0594. The highest BCUT2D eigenvalue weighted by Gasteiger charge is 2.32. The molecular weight excluding hydrogens is 333 g/mol. The minimum atomic E-state index is -0.467. The fourth-order valence-electron chi connectivity index (χ4n) is 2.90. The number of fused-ring (bicyclic) bond motifs is 1. The number of nitrogens with one attached hydrogen (secondary N) is 2. The van der Waals surface area contributed by atoms with E-state index in [1.165, 1.54) is 24.3 Å². The first kappa shape index (κ1) is 17.9. The fraction of sp³-hybridized carbons (Fsp3) is 0.300. The van der Waals surface area contributed by atoms with Gasteiger partial charge in [0.25, 0.3) is 0 Å². The fourth-order valence-corrected chi connectivity index (χ4v) is 2.90. The van der Waals surface area contributed by atoms with Crippen molar-refractivity contribution in [1.82, 2.24) is 0 Å². The molecule has 0 bridgehead atoms. The molecule has 0 fully saturated rings. The second-order valence-electron chi connectivity index (χ2n) is 7.39. The van der Waals surface area contributed by atoms with Crippen LogP contribution in [0.4, 0.5) is 26.2 Å². The summed E-state index contributed by atoms with van der Waals surface area (Å²) in [6.45, 7) is 6.33. The molecule has 3 amide bonds. The van der Waals surface area contributed by atoms with Crippen LogP contribution >= 0.6 is 0 Å². The molecule has 0 saturated heterocycles. The average molecular weight is 355 g/mol. The third-order valence-electron chi connectivity index (χ3n) is 4.23. The Morgan fingerprint density at radius 3 is 2.27 bits per heavy atom. The number of carbonyl (C=O) groups is 2. The Morgan fingerprint density at radius 1 is 1.00 bits per heavy atom. The van der Waals surface area contributed by atoms with Crippen molar-refractivity contribution in [1.29, 1.82) is 0 Å². The van der Waals surface area contributed by atoms with Crippen LogP contribution in [0.5, 0.6) is 0 Å². The van der Waals surface area contributed by atoms with Gasteiger partial charge in [-0.2, -0.15) is 0 Å². The summed E-state index contributed by atoms with van der Waals surface area (Å²) >= 11 is 0. The number of halogens is 1. The van der Waals surface area contributed by atoms with Gasteiger partial charge in [-0.25, -0.2) is 9.18 Å². The van der Waals surface area contributed by atoms with Crippen LogP contribution in [0.2, 0.25) is 0 Å². The molecule has 0 unspecified atom stereocenters. The first-order valence-electron chi connectivity index (χ1n) is 8.52. The SMILES string of the molecule is CC(C)(C)C(=O)N1CCc2ccc(NC(=O)Nc3ccc(F)cc3)cc21. The lowest BCUT2D eigenvalue weighted by atomic mass is 9.94. The maximum absolute atomic E-state index is 12.9. The molecule has 1 aliphatic heterocycles. The van der Waals surface area contributed by atoms with Crippen LogP contribution in [0.3, 0.4) is 0 Å². The molecule has 136 valence electrons. The van der Waals surface area contributed by atoms with Crippen molar-refractivity contribution in [3.8, 4) is 0 Å². The lowest BCUT2D eigenvalue weighted by molar-refractivity contribution is -0.125. The second-order valence-corrected chi connectivity index (χ2v) is 7.39. The largest absolute Gasteiger partial charge is 0.323 e. The van der Waals surface area contributed by atoms with Gasteiger partial charge in [0.15, 0.2) is 0 Å². The molecule has 0 aliphatic carbocycles. The molecule has 2 aromatic carbocycles. The molecule has 0 spiro atoms. The van der Waals surface area contributed by atoms with Crippen LogP contribution in [0.25, 0.3) is 0 Å². The Balaban J connectivity index is 1.73. The zero-order chi connectivity index (χ0) is 18.9. The van der Waals surface area contributed by atoms with Crippen molar-refractivity contribution >= 4 is 29.0 Å².